The van der Waals surface area contributed by atoms with Crippen LogP contribution >= 0.6 is 0 Å². The Kier molecular flexibility index (Phi) is 3.73. The first kappa shape index (κ1) is 16.4. The molecule has 1 aliphatic heterocycles. The highest BCUT2D eigenvalue weighted by Crippen LogP contribution is 2.30. The molecule has 4 heterocycles. The number of anilines is 1. The molecule has 140 valence electrons. The Bertz CT molecular complexity index is 1080. The summed E-state index contributed by atoms with van der Waals surface area (Å²) in [6.45, 7) is 3.43. The Morgan fingerprint density at radius 1 is 1.22 bits per heavy atom. The standard InChI is InChI=1S/C19H23N7O/c1-12-21-18-15(10-20-24(18)2)19(22-12)25-8-4-6-14(25)11-26-17(27)9-13-5-3-7-16(13)23-26/h9-10,14H,3-8,11H2,1-2H3. The molecule has 8 nitrogen and oxygen atoms in total. The van der Waals surface area contributed by atoms with E-state index in [2.05, 4.69) is 20.1 Å². The van der Waals surface area contributed by atoms with Crippen LogP contribution in [-0.4, -0.2) is 42.1 Å². The van der Waals surface area contributed by atoms with E-state index in [9.17, 15) is 4.79 Å². The molecule has 1 saturated heterocycles. The van der Waals surface area contributed by atoms with Gasteiger partial charge in [-0.1, -0.05) is 0 Å². The maximum absolute atomic E-state index is 12.5. The molecule has 3 aromatic rings. The maximum Gasteiger partial charge on any atom is 0.267 e. The fourth-order valence-corrected chi connectivity index (χ4v) is 4.41. The van der Waals surface area contributed by atoms with E-state index in [-0.39, 0.29) is 11.6 Å². The molecule has 1 aliphatic carbocycles. The van der Waals surface area contributed by atoms with Gasteiger partial charge in [0, 0.05) is 19.7 Å². The van der Waals surface area contributed by atoms with Gasteiger partial charge in [-0.05, 0) is 44.6 Å². The molecular weight excluding hydrogens is 342 g/mol. The predicted octanol–water partition coefficient (Wildman–Crippen LogP) is 1.39. The summed E-state index contributed by atoms with van der Waals surface area (Å²) >= 11 is 0. The lowest BCUT2D eigenvalue weighted by Gasteiger charge is -2.26. The lowest BCUT2D eigenvalue weighted by molar-refractivity contribution is 0.482. The Morgan fingerprint density at radius 2 is 2.11 bits per heavy atom. The van der Waals surface area contributed by atoms with Crippen LogP contribution in [0.5, 0.6) is 0 Å². The van der Waals surface area contributed by atoms with E-state index in [1.807, 2.05) is 20.2 Å². The van der Waals surface area contributed by atoms with Crippen molar-refractivity contribution in [2.45, 2.75) is 51.6 Å². The van der Waals surface area contributed by atoms with Crippen molar-refractivity contribution in [1.82, 2.24) is 29.5 Å². The highest BCUT2D eigenvalue weighted by Gasteiger charge is 2.29. The van der Waals surface area contributed by atoms with Gasteiger partial charge in [0.05, 0.1) is 29.9 Å². The van der Waals surface area contributed by atoms with E-state index >= 15 is 0 Å². The highest BCUT2D eigenvalue weighted by molar-refractivity contribution is 5.87. The van der Waals surface area contributed by atoms with Crippen molar-refractivity contribution < 1.29 is 0 Å². The van der Waals surface area contributed by atoms with Crippen LogP contribution in [0.25, 0.3) is 11.0 Å². The third-order valence-corrected chi connectivity index (χ3v) is 5.74. The van der Waals surface area contributed by atoms with Crippen LogP contribution in [0, 0.1) is 6.92 Å². The average molecular weight is 365 g/mol. The molecule has 1 unspecified atom stereocenters. The Labute approximate surface area is 156 Å². The van der Waals surface area contributed by atoms with Gasteiger partial charge >= 0.3 is 0 Å². The first-order valence-electron chi connectivity index (χ1n) is 9.63. The van der Waals surface area contributed by atoms with Crippen LogP contribution in [0.2, 0.25) is 0 Å². The SMILES string of the molecule is Cc1nc(N2CCCC2Cn2nc3c(cc2=O)CCC3)c2cnn(C)c2n1. The second kappa shape index (κ2) is 6.14. The Morgan fingerprint density at radius 3 is 3.00 bits per heavy atom. The van der Waals surface area contributed by atoms with Gasteiger partial charge in [0.2, 0.25) is 0 Å². The molecule has 1 fully saturated rings. The number of hydrogen-bond acceptors (Lipinski definition) is 6. The van der Waals surface area contributed by atoms with Gasteiger partial charge in [-0.25, -0.2) is 14.6 Å². The molecule has 3 aromatic heterocycles. The van der Waals surface area contributed by atoms with Crippen LogP contribution in [0.4, 0.5) is 5.82 Å². The molecule has 27 heavy (non-hydrogen) atoms. The van der Waals surface area contributed by atoms with Crippen molar-refractivity contribution in [3.63, 3.8) is 0 Å². The first-order chi connectivity index (χ1) is 13.1. The summed E-state index contributed by atoms with van der Waals surface area (Å²) in [5, 5.41) is 9.97. The summed E-state index contributed by atoms with van der Waals surface area (Å²) < 4.78 is 3.44. The van der Waals surface area contributed by atoms with E-state index in [0.717, 1.165) is 72.6 Å². The molecule has 0 aromatic carbocycles. The Balaban J connectivity index is 1.51. The zero-order valence-electron chi connectivity index (χ0n) is 15.7. The van der Waals surface area contributed by atoms with Crippen LogP contribution in [0.15, 0.2) is 17.1 Å². The first-order valence-corrected chi connectivity index (χ1v) is 9.63. The minimum Gasteiger partial charge on any atom is -0.351 e. The molecule has 0 saturated carbocycles. The predicted molar refractivity (Wildman–Crippen MR) is 102 cm³/mol. The summed E-state index contributed by atoms with van der Waals surface area (Å²) in [6, 6.07) is 1.98. The van der Waals surface area contributed by atoms with E-state index in [1.165, 1.54) is 0 Å². The summed E-state index contributed by atoms with van der Waals surface area (Å²) in [4.78, 5) is 24.1. The molecule has 0 bridgehead atoms. The molecule has 5 rings (SSSR count). The molecule has 8 heteroatoms. The normalized spacial score (nSPS) is 19.2. The van der Waals surface area contributed by atoms with Crippen molar-refractivity contribution in [1.29, 1.82) is 0 Å². The van der Waals surface area contributed by atoms with Gasteiger partial charge in [0.25, 0.3) is 5.56 Å². The molecule has 0 amide bonds. The van der Waals surface area contributed by atoms with E-state index in [0.29, 0.717) is 6.54 Å². The molecule has 0 N–H and O–H groups in total. The van der Waals surface area contributed by atoms with Gasteiger partial charge < -0.3 is 4.90 Å². The molecule has 0 radical (unpaired) electrons. The van der Waals surface area contributed by atoms with Crippen LogP contribution in [0.3, 0.4) is 0 Å². The molecular formula is C19H23N7O. The van der Waals surface area contributed by atoms with Gasteiger partial charge in [0.1, 0.15) is 11.6 Å². The fourth-order valence-electron chi connectivity index (χ4n) is 4.41. The lowest BCUT2D eigenvalue weighted by atomic mass is 10.2. The van der Waals surface area contributed by atoms with E-state index < -0.39 is 0 Å². The zero-order chi connectivity index (χ0) is 18.5. The second-order valence-electron chi connectivity index (χ2n) is 7.58. The highest BCUT2D eigenvalue weighted by atomic mass is 16.1. The number of fused-ring (bicyclic) bond motifs is 2. The van der Waals surface area contributed by atoms with E-state index in [1.54, 1.807) is 15.4 Å². The van der Waals surface area contributed by atoms with E-state index in [4.69, 9.17) is 4.98 Å². The summed E-state index contributed by atoms with van der Waals surface area (Å²) in [5.41, 5.74) is 3.07. The quantitative estimate of drug-likeness (QED) is 0.698. The van der Waals surface area contributed by atoms with Crippen LogP contribution in [0.1, 0.15) is 36.3 Å². The number of rotatable bonds is 3. The van der Waals surface area contributed by atoms with Crippen molar-refractivity contribution in [3.05, 3.63) is 39.7 Å². The number of aromatic nitrogens is 6. The third kappa shape index (κ3) is 2.70. The second-order valence-corrected chi connectivity index (χ2v) is 7.58. The van der Waals surface area contributed by atoms with Gasteiger partial charge in [0.15, 0.2) is 5.65 Å². The molecule has 1 atom stereocenters. The van der Waals surface area contributed by atoms with Crippen molar-refractivity contribution in [3.8, 4) is 0 Å². The number of hydrogen-bond donors (Lipinski definition) is 0. The smallest absolute Gasteiger partial charge is 0.267 e. The van der Waals surface area contributed by atoms with Gasteiger partial charge in [-0.3, -0.25) is 9.48 Å². The monoisotopic (exact) mass is 365 g/mol. The molecule has 0 spiro atoms. The lowest BCUT2D eigenvalue weighted by Crippen LogP contribution is -2.38. The largest absolute Gasteiger partial charge is 0.351 e. The summed E-state index contributed by atoms with van der Waals surface area (Å²) in [6.07, 6.45) is 6.99. The van der Waals surface area contributed by atoms with Gasteiger partial charge in [-0.15, -0.1) is 0 Å². The third-order valence-electron chi connectivity index (χ3n) is 5.74. The number of nitrogens with zero attached hydrogens (tertiary/aromatic N) is 7. The number of aryl methyl sites for hydroxylation is 4. The minimum atomic E-state index is 0.00731. The van der Waals surface area contributed by atoms with Gasteiger partial charge in [-0.2, -0.15) is 10.2 Å². The summed E-state index contributed by atoms with van der Waals surface area (Å²) in [7, 11) is 1.90. The Hall–Kier alpha value is -2.77. The molecule has 2 aliphatic rings. The van der Waals surface area contributed by atoms with Crippen molar-refractivity contribution >= 4 is 16.9 Å². The maximum atomic E-state index is 12.5. The minimum absolute atomic E-state index is 0.00731. The topological polar surface area (TPSA) is 81.7 Å². The summed E-state index contributed by atoms with van der Waals surface area (Å²) in [5.74, 6) is 1.65. The van der Waals surface area contributed by atoms with Crippen molar-refractivity contribution in [2.24, 2.45) is 7.05 Å². The fraction of sp³-hybridized carbons (Fsp3) is 0.526. The zero-order valence-corrected chi connectivity index (χ0v) is 15.7. The average Bonchev–Trinajstić information content (AvgIpc) is 3.36. The van der Waals surface area contributed by atoms with Crippen LogP contribution < -0.4 is 10.5 Å². The van der Waals surface area contributed by atoms with Crippen LogP contribution in [-0.2, 0) is 26.4 Å². The van der Waals surface area contributed by atoms with Crippen molar-refractivity contribution in [2.75, 3.05) is 11.4 Å².